The summed E-state index contributed by atoms with van der Waals surface area (Å²) < 4.78 is 0. The average molecular weight is 396 g/mol. The molecule has 5 fully saturated rings. The molecule has 0 spiro atoms. The van der Waals surface area contributed by atoms with Crippen molar-refractivity contribution < 1.29 is 9.59 Å². The number of amides is 2. The second-order valence-corrected chi connectivity index (χ2v) is 11.0. The van der Waals surface area contributed by atoms with E-state index in [0.29, 0.717) is 47.5 Å². The van der Waals surface area contributed by atoms with E-state index in [-0.39, 0.29) is 24.2 Å². The standard InChI is InChI=1S/C21H33N3O2.ClH/c1-19(2)13-8-23(9-14(13)19)17(25)7-21(5-6-22-12-21)18(26)24-10-15-16(11-24)20(15,3)4;/h13-16,22H,5-12H2,1-4H3;1H. The van der Waals surface area contributed by atoms with Gasteiger partial charge in [-0.05, 0) is 47.5 Å². The summed E-state index contributed by atoms with van der Waals surface area (Å²) in [4.78, 5) is 30.5. The first kappa shape index (κ1) is 19.5. The van der Waals surface area contributed by atoms with E-state index >= 15 is 0 Å². The Balaban J connectivity index is 0.00000180. The minimum absolute atomic E-state index is 0. The van der Waals surface area contributed by atoms with Crippen molar-refractivity contribution in [2.24, 2.45) is 39.9 Å². The summed E-state index contributed by atoms with van der Waals surface area (Å²) in [6.45, 7) is 14.4. The molecule has 3 saturated heterocycles. The monoisotopic (exact) mass is 395 g/mol. The smallest absolute Gasteiger partial charge is 0.230 e. The van der Waals surface area contributed by atoms with Gasteiger partial charge in [0.05, 0.1) is 5.41 Å². The van der Waals surface area contributed by atoms with Crippen LogP contribution in [0.2, 0.25) is 0 Å². The van der Waals surface area contributed by atoms with Crippen LogP contribution in [0.5, 0.6) is 0 Å². The lowest BCUT2D eigenvalue weighted by Crippen LogP contribution is -2.48. The predicted octanol–water partition coefficient (Wildman–Crippen LogP) is 2.01. The number of carbonyl (C=O) groups excluding carboxylic acids is 2. The fourth-order valence-electron chi connectivity index (χ4n) is 6.52. The zero-order valence-corrected chi connectivity index (χ0v) is 17.9. The molecule has 1 N–H and O–H groups in total. The second-order valence-electron chi connectivity index (χ2n) is 11.0. The van der Waals surface area contributed by atoms with Gasteiger partial charge in [0.15, 0.2) is 0 Å². The Morgan fingerprint density at radius 1 is 0.889 bits per heavy atom. The molecule has 152 valence electrons. The normalized spacial score (nSPS) is 42.4. The average Bonchev–Trinajstić information content (AvgIpc) is 3.18. The van der Waals surface area contributed by atoms with Crippen LogP contribution in [0.15, 0.2) is 0 Å². The number of nitrogens with one attached hydrogen (secondary N) is 1. The van der Waals surface area contributed by atoms with Crippen LogP contribution in [0.3, 0.4) is 0 Å². The van der Waals surface area contributed by atoms with Crippen molar-refractivity contribution in [1.29, 1.82) is 0 Å². The first-order valence-corrected chi connectivity index (χ1v) is 10.4. The van der Waals surface area contributed by atoms with E-state index in [4.69, 9.17) is 0 Å². The van der Waals surface area contributed by atoms with Crippen LogP contribution in [0.1, 0.15) is 40.5 Å². The quantitative estimate of drug-likeness (QED) is 0.795. The van der Waals surface area contributed by atoms with Gasteiger partial charge >= 0.3 is 0 Å². The summed E-state index contributed by atoms with van der Waals surface area (Å²) in [6, 6.07) is 0. The summed E-state index contributed by atoms with van der Waals surface area (Å²) >= 11 is 0. The Kier molecular flexibility index (Phi) is 4.23. The van der Waals surface area contributed by atoms with E-state index in [2.05, 4.69) is 37.9 Å². The molecule has 2 aliphatic carbocycles. The van der Waals surface area contributed by atoms with Crippen molar-refractivity contribution >= 4 is 24.2 Å². The maximum atomic E-state index is 13.4. The Morgan fingerprint density at radius 2 is 1.37 bits per heavy atom. The van der Waals surface area contributed by atoms with Crippen LogP contribution in [-0.2, 0) is 9.59 Å². The molecule has 6 heteroatoms. The molecular weight excluding hydrogens is 362 g/mol. The zero-order chi connectivity index (χ0) is 18.5. The summed E-state index contributed by atoms with van der Waals surface area (Å²) in [7, 11) is 0. The van der Waals surface area contributed by atoms with Crippen molar-refractivity contribution in [3.8, 4) is 0 Å². The van der Waals surface area contributed by atoms with Crippen molar-refractivity contribution in [1.82, 2.24) is 15.1 Å². The number of halogens is 1. The lowest BCUT2D eigenvalue weighted by atomic mass is 9.81. The van der Waals surface area contributed by atoms with E-state index in [9.17, 15) is 9.59 Å². The van der Waals surface area contributed by atoms with Crippen LogP contribution in [0.25, 0.3) is 0 Å². The molecule has 2 amide bonds. The van der Waals surface area contributed by atoms with Gasteiger partial charge in [0.1, 0.15) is 0 Å². The minimum atomic E-state index is -0.500. The Morgan fingerprint density at radius 3 is 1.81 bits per heavy atom. The topological polar surface area (TPSA) is 52.7 Å². The molecule has 5 atom stereocenters. The highest BCUT2D eigenvalue weighted by molar-refractivity contribution is 5.90. The largest absolute Gasteiger partial charge is 0.342 e. The molecule has 3 aliphatic heterocycles. The van der Waals surface area contributed by atoms with Crippen LogP contribution < -0.4 is 5.32 Å². The molecule has 0 radical (unpaired) electrons. The highest BCUT2D eigenvalue weighted by atomic mass is 35.5. The molecule has 5 aliphatic rings. The molecular formula is C21H34ClN3O2. The van der Waals surface area contributed by atoms with Crippen LogP contribution >= 0.6 is 12.4 Å². The van der Waals surface area contributed by atoms with Gasteiger partial charge in [-0.15, -0.1) is 12.4 Å². The number of piperidine rings is 2. The van der Waals surface area contributed by atoms with Crippen molar-refractivity contribution in [2.45, 2.75) is 40.5 Å². The van der Waals surface area contributed by atoms with Gasteiger partial charge in [0.2, 0.25) is 11.8 Å². The maximum absolute atomic E-state index is 13.4. The van der Waals surface area contributed by atoms with E-state index in [0.717, 1.165) is 39.1 Å². The predicted molar refractivity (Wildman–Crippen MR) is 106 cm³/mol. The van der Waals surface area contributed by atoms with Crippen LogP contribution in [0.4, 0.5) is 0 Å². The van der Waals surface area contributed by atoms with E-state index in [1.165, 1.54) is 0 Å². The van der Waals surface area contributed by atoms with Crippen LogP contribution in [-0.4, -0.2) is 60.9 Å². The summed E-state index contributed by atoms with van der Waals surface area (Å²) in [6.07, 6.45) is 1.20. The van der Waals surface area contributed by atoms with Gasteiger partial charge in [-0.25, -0.2) is 0 Å². The van der Waals surface area contributed by atoms with E-state index in [1.54, 1.807) is 0 Å². The Bertz CT molecular complexity index is 642. The zero-order valence-electron chi connectivity index (χ0n) is 17.1. The number of hydrogen-bond acceptors (Lipinski definition) is 3. The summed E-state index contributed by atoms with van der Waals surface area (Å²) in [5.74, 6) is 3.13. The lowest BCUT2D eigenvalue weighted by Gasteiger charge is -2.34. The molecule has 0 aromatic heterocycles. The molecule has 5 rings (SSSR count). The molecule has 27 heavy (non-hydrogen) atoms. The molecule has 5 unspecified atom stereocenters. The molecule has 0 aromatic rings. The van der Waals surface area contributed by atoms with Gasteiger partial charge in [-0.2, -0.15) is 0 Å². The minimum Gasteiger partial charge on any atom is -0.342 e. The summed E-state index contributed by atoms with van der Waals surface area (Å²) in [5.41, 5.74) is 0.333. The third kappa shape index (κ3) is 2.67. The number of fused-ring (bicyclic) bond motifs is 2. The van der Waals surface area contributed by atoms with E-state index in [1.807, 2.05) is 4.90 Å². The lowest BCUT2D eigenvalue weighted by molar-refractivity contribution is -0.147. The molecule has 3 heterocycles. The molecule has 5 nitrogen and oxygen atoms in total. The fourth-order valence-corrected chi connectivity index (χ4v) is 6.52. The van der Waals surface area contributed by atoms with Gasteiger partial charge in [0, 0.05) is 39.1 Å². The van der Waals surface area contributed by atoms with Crippen molar-refractivity contribution in [3.63, 3.8) is 0 Å². The fraction of sp³-hybridized carbons (Fsp3) is 0.905. The van der Waals surface area contributed by atoms with Gasteiger partial charge in [-0.3, -0.25) is 9.59 Å². The number of hydrogen-bond donors (Lipinski definition) is 1. The molecule has 0 aromatic carbocycles. The third-order valence-corrected chi connectivity index (χ3v) is 9.07. The highest BCUT2D eigenvalue weighted by Gasteiger charge is 2.65. The Hall–Kier alpha value is -0.810. The van der Waals surface area contributed by atoms with Gasteiger partial charge < -0.3 is 15.1 Å². The van der Waals surface area contributed by atoms with Gasteiger partial charge in [0.25, 0.3) is 0 Å². The SMILES string of the molecule is CC1(C)C2CN(C(=O)CC3(C(=O)N4CC5C(C4)C5(C)C)CCNC3)CC21.Cl. The van der Waals surface area contributed by atoms with E-state index < -0.39 is 5.41 Å². The van der Waals surface area contributed by atoms with Crippen molar-refractivity contribution in [3.05, 3.63) is 0 Å². The maximum Gasteiger partial charge on any atom is 0.230 e. The molecule has 0 bridgehead atoms. The second kappa shape index (κ2) is 5.85. The number of nitrogens with zero attached hydrogens (tertiary/aromatic N) is 2. The number of likely N-dealkylation sites (tertiary alicyclic amines) is 2. The number of carbonyl (C=O) groups is 2. The van der Waals surface area contributed by atoms with Gasteiger partial charge in [-0.1, -0.05) is 27.7 Å². The summed E-state index contributed by atoms with van der Waals surface area (Å²) in [5, 5.41) is 3.36. The Labute approximate surface area is 169 Å². The van der Waals surface area contributed by atoms with Crippen LogP contribution in [0, 0.1) is 39.9 Å². The number of rotatable bonds is 3. The third-order valence-electron chi connectivity index (χ3n) is 9.07. The first-order chi connectivity index (χ1) is 12.2. The first-order valence-electron chi connectivity index (χ1n) is 10.4. The van der Waals surface area contributed by atoms with Crippen molar-refractivity contribution in [2.75, 3.05) is 39.3 Å². The highest BCUT2D eigenvalue weighted by Crippen LogP contribution is 2.63. The molecule has 2 saturated carbocycles.